The first-order valence-corrected chi connectivity index (χ1v) is 8.20. The molecule has 1 amide bonds. The van der Waals surface area contributed by atoms with E-state index in [0.29, 0.717) is 5.58 Å². The molecule has 26 heavy (non-hydrogen) atoms. The Hall–Kier alpha value is -2.54. The van der Waals surface area contributed by atoms with Crippen molar-refractivity contribution in [3.63, 3.8) is 0 Å². The highest BCUT2D eigenvalue weighted by Gasteiger charge is 2.27. The van der Waals surface area contributed by atoms with Gasteiger partial charge < -0.3 is 14.5 Å². The zero-order chi connectivity index (χ0) is 18.7. The molecule has 1 aromatic heterocycles. The molecule has 0 aliphatic heterocycles. The molecular formula is C19H18F3NO3. The van der Waals surface area contributed by atoms with Crippen LogP contribution in [0.2, 0.25) is 0 Å². The van der Waals surface area contributed by atoms with Crippen LogP contribution in [0, 0.1) is 6.92 Å². The van der Waals surface area contributed by atoms with Crippen molar-refractivity contribution in [3.8, 4) is 0 Å². The summed E-state index contributed by atoms with van der Waals surface area (Å²) in [4.78, 5) is 12.3. The number of amides is 1. The number of ether oxygens (including phenoxy) is 1. The van der Waals surface area contributed by atoms with E-state index in [4.69, 9.17) is 4.42 Å². The minimum Gasteiger partial charge on any atom is -0.450 e. The number of fused-ring (bicyclic) bond motifs is 3. The topological polar surface area (TPSA) is 51.5 Å². The molecule has 0 radical (unpaired) electrons. The number of rotatable bonds is 6. The lowest BCUT2D eigenvalue weighted by molar-refractivity contribution is -0.173. The Morgan fingerprint density at radius 2 is 1.92 bits per heavy atom. The predicted octanol–water partition coefficient (Wildman–Crippen LogP) is 4.59. The number of furan rings is 1. The maximum absolute atomic E-state index is 12.3. The molecule has 0 bridgehead atoms. The normalized spacial score (nSPS) is 12.0. The van der Waals surface area contributed by atoms with Crippen LogP contribution < -0.4 is 5.32 Å². The number of carbonyl (C=O) groups excluding carboxylic acids is 1. The minimum atomic E-state index is -4.34. The number of halogens is 3. The molecule has 0 saturated heterocycles. The Kier molecular flexibility index (Phi) is 5.18. The van der Waals surface area contributed by atoms with Crippen LogP contribution in [0.15, 0.2) is 40.8 Å². The number of hydrogen-bond acceptors (Lipinski definition) is 3. The van der Waals surface area contributed by atoms with E-state index in [9.17, 15) is 18.0 Å². The second kappa shape index (κ2) is 7.37. The SMILES string of the molecule is Cc1c(C(=O)NCCCOCC(F)(F)F)oc2c1ccc1ccccc12. The van der Waals surface area contributed by atoms with Gasteiger partial charge in [0.1, 0.15) is 12.2 Å². The van der Waals surface area contributed by atoms with Crippen LogP contribution in [0.5, 0.6) is 0 Å². The van der Waals surface area contributed by atoms with Crippen molar-refractivity contribution in [2.75, 3.05) is 19.8 Å². The van der Waals surface area contributed by atoms with Crippen LogP contribution in [0.25, 0.3) is 21.7 Å². The van der Waals surface area contributed by atoms with Crippen molar-refractivity contribution in [1.29, 1.82) is 0 Å². The van der Waals surface area contributed by atoms with Gasteiger partial charge in [0.15, 0.2) is 5.76 Å². The number of nitrogens with one attached hydrogen (secondary N) is 1. The van der Waals surface area contributed by atoms with Crippen LogP contribution in [0.1, 0.15) is 22.5 Å². The molecule has 0 aliphatic rings. The van der Waals surface area contributed by atoms with Crippen molar-refractivity contribution >= 4 is 27.6 Å². The second-order valence-corrected chi connectivity index (χ2v) is 6.00. The van der Waals surface area contributed by atoms with Crippen molar-refractivity contribution < 1.29 is 27.1 Å². The maximum atomic E-state index is 12.3. The molecule has 0 atom stereocenters. The number of hydrogen-bond donors (Lipinski definition) is 1. The summed E-state index contributed by atoms with van der Waals surface area (Å²) in [5.41, 5.74) is 1.39. The van der Waals surface area contributed by atoms with E-state index in [1.165, 1.54) is 0 Å². The van der Waals surface area contributed by atoms with Gasteiger partial charge in [0.25, 0.3) is 5.91 Å². The van der Waals surface area contributed by atoms with E-state index in [2.05, 4.69) is 10.1 Å². The highest BCUT2D eigenvalue weighted by molar-refractivity contribution is 6.08. The maximum Gasteiger partial charge on any atom is 0.411 e. The minimum absolute atomic E-state index is 0.0798. The smallest absolute Gasteiger partial charge is 0.411 e. The number of carbonyl (C=O) groups is 1. The molecule has 3 aromatic rings. The summed E-state index contributed by atoms with van der Waals surface area (Å²) in [7, 11) is 0. The Labute approximate surface area is 147 Å². The van der Waals surface area contributed by atoms with Gasteiger partial charge in [-0.25, -0.2) is 0 Å². The lowest BCUT2D eigenvalue weighted by Crippen LogP contribution is -2.26. The largest absolute Gasteiger partial charge is 0.450 e. The van der Waals surface area contributed by atoms with Crippen molar-refractivity contribution in [2.24, 2.45) is 0 Å². The van der Waals surface area contributed by atoms with E-state index in [1.807, 2.05) is 43.3 Å². The molecule has 1 heterocycles. The van der Waals surface area contributed by atoms with Crippen LogP contribution >= 0.6 is 0 Å². The van der Waals surface area contributed by atoms with E-state index in [-0.39, 0.29) is 25.3 Å². The van der Waals surface area contributed by atoms with E-state index >= 15 is 0 Å². The average Bonchev–Trinajstić information content (AvgIpc) is 2.94. The summed E-state index contributed by atoms with van der Waals surface area (Å²) in [5, 5.41) is 5.46. The van der Waals surface area contributed by atoms with Gasteiger partial charge in [0.05, 0.1) is 0 Å². The van der Waals surface area contributed by atoms with E-state index < -0.39 is 18.7 Å². The number of aryl methyl sites for hydroxylation is 1. The molecule has 7 heteroatoms. The lowest BCUT2D eigenvalue weighted by Gasteiger charge is -2.07. The van der Waals surface area contributed by atoms with Crippen LogP contribution in [0.4, 0.5) is 13.2 Å². The Bertz CT molecular complexity index is 931. The molecule has 0 unspecified atom stereocenters. The molecule has 0 aliphatic carbocycles. The first kappa shape index (κ1) is 18.3. The van der Waals surface area contributed by atoms with Gasteiger partial charge >= 0.3 is 6.18 Å². The van der Waals surface area contributed by atoms with Gasteiger partial charge in [-0.1, -0.05) is 36.4 Å². The summed E-state index contributed by atoms with van der Waals surface area (Å²) in [6.07, 6.45) is -4.05. The van der Waals surface area contributed by atoms with Crippen LogP contribution in [-0.2, 0) is 4.74 Å². The Balaban J connectivity index is 1.65. The molecule has 1 N–H and O–H groups in total. The fourth-order valence-corrected chi connectivity index (χ4v) is 2.81. The summed E-state index contributed by atoms with van der Waals surface area (Å²) >= 11 is 0. The Morgan fingerprint density at radius 3 is 2.69 bits per heavy atom. The molecule has 3 rings (SSSR count). The Morgan fingerprint density at radius 1 is 1.15 bits per heavy atom. The molecule has 4 nitrogen and oxygen atoms in total. The highest BCUT2D eigenvalue weighted by atomic mass is 19.4. The molecule has 0 saturated carbocycles. The molecular weight excluding hydrogens is 347 g/mol. The lowest BCUT2D eigenvalue weighted by atomic mass is 10.1. The first-order chi connectivity index (χ1) is 12.4. The van der Waals surface area contributed by atoms with Crippen LogP contribution in [-0.4, -0.2) is 31.8 Å². The fraction of sp³-hybridized carbons (Fsp3) is 0.316. The third-order valence-electron chi connectivity index (χ3n) is 4.05. The standard InChI is InChI=1S/C19H18F3NO3/c1-12-14-8-7-13-5-2-3-6-15(13)17(14)26-16(12)18(24)23-9-4-10-25-11-19(20,21)22/h2-3,5-8H,4,9-11H2,1H3,(H,23,24). The molecule has 0 spiro atoms. The van der Waals surface area contributed by atoms with Gasteiger partial charge in [-0.05, 0) is 18.7 Å². The van der Waals surface area contributed by atoms with Gasteiger partial charge in [0.2, 0.25) is 0 Å². The summed E-state index contributed by atoms with van der Waals surface area (Å²) in [6, 6.07) is 11.6. The first-order valence-electron chi connectivity index (χ1n) is 8.20. The van der Waals surface area contributed by atoms with Gasteiger partial charge in [-0.3, -0.25) is 4.79 Å². The molecule has 138 valence electrons. The molecule has 2 aromatic carbocycles. The van der Waals surface area contributed by atoms with Gasteiger partial charge in [0, 0.05) is 29.5 Å². The average molecular weight is 365 g/mol. The zero-order valence-electron chi connectivity index (χ0n) is 14.2. The summed E-state index contributed by atoms with van der Waals surface area (Å²) in [5.74, 6) is -0.175. The van der Waals surface area contributed by atoms with Crippen molar-refractivity contribution in [2.45, 2.75) is 19.5 Å². The summed E-state index contributed by atoms with van der Waals surface area (Å²) in [6.45, 7) is 0.649. The fourth-order valence-electron chi connectivity index (χ4n) is 2.81. The predicted molar refractivity (Wildman–Crippen MR) is 92.3 cm³/mol. The van der Waals surface area contributed by atoms with Gasteiger partial charge in [-0.2, -0.15) is 13.2 Å². The summed E-state index contributed by atoms with van der Waals surface area (Å²) < 4.78 is 46.2. The van der Waals surface area contributed by atoms with E-state index in [1.54, 1.807) is 0 Å². The van der Waals surface area contributed by atoms with Crippen molar-refractivity contribution in [1.82, 2.24) is 5.32 Å². The number of benzene rings is 2. The zero-order valence-corrected chi connectivity index (χ0v) is 14.2. The van der Waals surface area contributed by atoms with E-state index in [0.717, 1.165) is 21.7 Å². The third-order valence-corrected chi connectivity index (χ3v) is 4.05. The monoisotopic (exact) mass is 365 g/mol. The van der Waals surface area contributed by atoms with Gasteiger partial charge in [-0.15, -0.1) is 0 Å². The van der Waals surface area contributed by atoms with Crippen LogP contribution in [0.3, 0.4) is 0 Å². The van der Waals surface area contributed by atoms with Crippen molar-refractivity contribution in [3.05, 3.63) is 47.7 Å². The second-order valence-electron chi connectivity index (χ2n) is 6.00. The quantitative estimate of drug-likeness (QED) is 0.650. The highest BCUT2D eigenvalue weighted by Crippen LogP contribution is 2.31. The third kappa shape index (κ3) is 3.99. The molecule has 0 fully saturated rings. The number of alkyl halides is 3.